The normalized spacial score (nSPS) is 23.0. The maximum absolute atomic E-state index is 11.8. The van der Waals surface area contributed by atoms with Gasteiger partial charge in [0.15, 0.2) is 0 Å². The monoisotopic (exact) mass is 183 g/mol. The van der Waals surface area contributed by atoms with Gasteiger partial charge in [0.2, 0.25) is 0 Å². The van der Waals surface area contributed by atoms with Gasteiger partial charge in [0, 0.05) is 11.8 Å². The highest BCUT2D eigenvalue weighted by atomic mass is 16.1. The van der Waals surface area contributed by atoms with E-state index in [0.717, 1.165) is 32.4 Å². The number of ketones is 1. The van der Waals surface area contributed by atoms with Crippen LogP contribution in [-0.2, 0) is 4.79 Å². The van der Waals surface area contributed by atoms with Crippen LogP contribution in [0, 0.1) is 11.8 Å². The highest BCUT2D eigenvalue weighted by Crippen LogP contribution is 2.21. The van der Waals surface area contributed by atoms with Gasteiger partial charge in [-0.3, -0.25) is 4.79 Å². The molecule has 1 fully saturated rings. The first-order valence-electron chi connectivity index (χ1n) is 5.37. The van der Waals surface area contributed by atoms with Crippen LogP contribution in [0.4, 0.5) is 0 Å². The number of hydrogen-bond acceptors (Lipinski definition) is 2. The van der Waals surface area contributed by atoms with Crippen molar-refractivity contribution in [1.29, 1.82) is 0 Å². The summed E-state index contributed by atoms with van der Waals surface area (Å²) in [5.74, 6) is 1.12. The first kappa shape index (κ1) is 10.7. The number of Topliss-reactive ketones (excluding diaryl/α,β-unsaturated/α-hetero) is 1. The van der Waals surface area contributed by atoms with Crippen LogP contribution >= 0.6 is 0 Å². The van der Waals surface area contributed by atoms with Crippen molar-refractivity contribution in [2.45, 2.75) is 33.1 Å². The zero-order valence-corrected chi connectivity index (χ0v) is 9.05. The summed E-state index contributed by atoms with van der Waals surface area (Å²) in [7, 11) is 2.13. The lowest BCUT2D eigenvalue weighted by atomic mass is 9.86. The molecular formula is C11H21NO. The van der Waals surface area contributed by atoms with Gasteiger partial charge in [-0.15, -0.1) is 0 Å². The Morgan fingerprint density at radius 1 is 1.46 bits per heavy atom. The molecule has 0 aromatic rings. The van der Waals surface area contributed by atoms with Gasteiger partial charge in [0.25, 0.3) is 0 Å². The summed E-state index contributed by atoms with van der Waals surface area (Å²) >= 11 is 0. The number of rotatable bonds is 3. The lowest BCUT2D eigenvalue weighted by molar-refractivity contribution is -0.127. The molecule has 0 aromatic heterocycles. The summed E-state index contributed by atoms with van der Waals surface area (Å²) in [5.41, 5.74) is 0. The predicted octanol–water partition coefficient (Wildman–Crippen LogP) is 1.94. The standard InChI is InChI=1S/C11H21NO/c1-4-9(2)11(13)10-5-7-12(3)8-6-10/h9-10H,4-8H2,1-3H3. The predicted molar refractivity (Wildman–Crippen MR) is 54.7 cm³/mol. The van der Waals surface area contributed by atoms with Gasteiger partial charge in [0.1, 0.15) is 5.78 Å². The minimum absolute atomic E-state index is 0.272. The number of nitrogens with zero attached hydrogens (tertiary/aromatic N) is 1. The zero-order valence-electron chi connectivity index (χ0n) is 9.05. The second-order valence-electron chi connectivity index (χ2n) is 4.29. The Kier molecular flexibility index (Phi) is 3.91. The fourth-order valence-corrected chi connectivity index (χ4v) is 1.90. The van der Waals surface area contributed by atoms with Gasteiger partial charge in [-0.2, -0.15) is 0 Å². The molecule has 1 heterocycles. The van der Waals surface area contributed by atoms with E-state index in [9.17, 15) is 4.79 Å². The SMILES string of the molecule is CCC(C)C(=O)C1CCN(C)CC1. The second-order valence-corrected chi connectivity index (χ2v) is 4.29. The quantitative estimate of drug-likeness (QED) is 0.666. The summed E-state index contributed by atoms with van der Waals surface area (Å²) in [4.78, 5) is 14.1. The molecule has 1 saturated heterocycles. The lowest BCUT2D eigenvalue weighted by Crippen LogP contribution is -2.35. The Labute approximate surface area is 81.3 Å². The van der Waals surface area contributed by atoms with Crippen molar-refractivity contribution in [2.24, 2.45) is 11.8 Å². The van der Waals surface area contributed by atoms with Gasteiger partial charge < -0.3 is 4.90 Å². The van der Waals surface area contributed by atoms with E-state index in [1.165, 1.54) is 0 Å². The van der Waals surface area contributed by atoms with Crippen LogP contribution in [-0.4, -0.2) is 30.8 Å². The highest BCUT2D eigenvalue weighted by Gasteiger charge is 2.25. The Morgan fingerprint density at radius 2 is 2.00 bits per heavy atom. The minimum atomic E-state index is 0.272. The molecule has 1 rings (SSSR count). The van der Waals surface area contributed by atoms with Gasteiger partial charge in [-0.05, 0) is 39.4 Å². The van der Waals surface area contributed by atoms with Crippen molar-refractivity contribution in [1.82, 2.24) is 4.90 Å². The van der Waals surface area contributed by atoms with Gasteiger partial charge >= 0.3 is 0 Å². The number of carbonyl (C=O) groups excluding carboxylic acids is 1. The van der Waals surface area contributed by atoms with E-state index in [-0.39, 0.29) is 5.92 Å². The van der Waals surface area contributed by atoms with Gasteiger partial charge in [0.05, 0.1) is 0 Å². The second kappa shape index (κ2) is 4.75. The molecule has 1 unspecified atom stereocenters. The number of likely N-dealkylation sites (tertiary alicyclic amines) is 1. The van der Waals surface area contributed by atoms with Crippen molar-refractivity contribution in [3.63, 3.8) is 0 Å². The van der Waals surface area contributed by atoms with Gasteiger partial charge in [-0.1, -0.05) is 13.8 Å². The Balaban J connectivity index is 2.40. The first-order chi connectivity index (χ1) is 6.15. The minimum Gasteiger partial charge on any atom is -0.306 e. The van der Waals surface area contributed by atoms with E-state index < -0.39 is 0 Å². The third-order valence-electron chi connectivity index (χ3n) is 3.22. The smallest absolute Gasteiger partial charge is 0.138 e. The molecular weight excluding hydrogens is 162 g/mol. The van der Waals surface area contributed by atoms with Crippen LogP contribution in [0.5, 0.6) is 0 Å². The highest BCUT2D eigenvalue weighted by molar-refractivity contribution is 5.83. The molecule has 0 aromatic carbocycles. The summed E-state index contributed by atoms with van der Waals surface area (Å²) in [6.45, 7) is 6.33. The van der Waals surface area contributed by atoms with Crippen molar-refractivity contribution >= 4 is 5.78 Å². The molecule has 0 amide bonds. The van der Waals surface area contributed by atoms with E-state index in [0.29, 0.717) is 11.7 Å². The maximum atomic E-state index is 11.8. The van der Waals surface area contributed by atoms with Crippen molar-refractivity contribution in [3.8, 4) is 0 Å². The van der Waals surface area contributed by atoms with Crippen LogP contribution in [0.2, 0.25) is 0 Å². The molecule has 0 bridgehead atoms. The van der Waals surface area contributed by atoms with Crippen molar-refractivity contribution in [3.05, 3.63) is 0 Å². The third-order valence-corrected chi connectivity index (χ3v) is 3.22. The van der Waals surface area contributed by atoms with E-state index >= 15 is 0 Å². The van der Waals surface area contributed by atoms with Crippen LogP contribution in [0.3, 0.4) is 0 Å². The van der Waals surface area contributed by atoms with Crippen LogP contribution in [0.1, 0.15) is 33.1 Å². The van der Waals surface area contributed by atoms with Crippen molar-refractivity contribution in [2.75, 3.05) is 20.1 Å². The van der Waals surface area contributed by atoms with Crippen LogP contribution < -0.4 is 0 Å². The molecule has 1 aliphatic rings. The number of carbonyl (C=O) groups is 1. The van der Waals surface area contributed by atoms with Gasteiger partial charge in [-0.25, -0.2) is 0 Å². The summed E-state index contributed by atoms with van der Waals surface area (Å²) in [6.07, 6.45) is 3.13. The average molecular weight is 183 g/mol. The molecule has 0 radical (unpaired) electrons. The number of hydrogen-bond donors (Lipinski definition) is 0. The molecule has 0 spiro atoms. The van der Waals surface area contributed by atoms with E-state index in [1.807, 2.05) is 0 Å². The Hall–Kier alpha value is -0.370. The molecule has 0 N–H and O–H groups in total. The Bertz CT molecular complexity index is 171. The average Bonchev–Trinajstić information content (AvgIpc) is 2.17. The summed E-state index contributed by atoms with van der Waals surface area (Å²) in [5, 5.41) is 0. The largest absolute Gasteiger partial charge is 0.306 e. The van der Waals surface area contributed by atoms with E-state index in [2.05, 4.69) is 25.8 Å². The van der Waals surface area contributed by atoms with E-state index in [1.54, 1.807) is 0 Å². The molecule has 76 valence electrons. The van der Waals surface area contributed by atoms with Crippen LogP contribution in [0.25, 0.3) is 0 Å². The fourth-order valence-electron chi connectivity index (χ4n) is 1.90. The zero-order chi connectivity index (χ0) is 9.84. The number of piperidine rings is 1. The maximum Gasteiger partial charge on any atom is 0.138 e. The topological polar surface area (TPSA) is 20.3 Å². The molecule has 1 atom stereocenters. The van der Waals surface area contributed by atoms with E-state index in [4.69, 9.17) is 0 Å². The fraction of sp³-hybridized carbons (Fsp3) is 0.909. The lowest BCUT2D eigenvalue weighted by Gasteiger charge is -2.29. The Morgan fingerprint density at radius 3 is 2.46 bits per heavy atom. The first-order valence-corrected chi connectivity index (χ1v) is 5.37. The molecule has 0 aliphatic carbocycles. The summed E-state index contributed by atoms with van der Waals surface area (Å²) < 4.78 is 0. The van der Waals surface area contributed by atoms with Crippen LogP contribution in [0.15, 0.2) is 0 Å². The van der Waals surface area contributed by atoms with Crippen molar-refractivity contribution < 1.29 is 4.79 Å². The molecule has 2 heteroatoms. The molecule has 13 heavy (non-hydrogen) atoms. The molecule has 0 saturated carbocycles. The molecule has 2 nitrogen and oxygen atoms in total. The third kappa shape index (κ3) is 2.80. The summed E-state index contributed by atoms with van der Waals surface area (Å²) in [6, 6.07) is 0. The molecule has 1 aliphatic heterocycles.